The van der Waals surface area contributed by atoms with Crippen LogP contribution in [-0.2, 0) is 22.0 Å². The van der Waals surface area contributed by atoms with Gasteiger partial charge in [-0.05, 0) is 47.9 Å². The van der Waals surface area contributed by atoms with Gasteiger partial charge in [0.25, 0.3) is 5.91 Å². The van der Waals surface area contributed by atoms with Crippen molar-refractivity contribution in [1.29, 1.82) is 0 Å². The van der Waals surface area contributed by atoms with Gasteiger partial charge in [-0.15, -0.1) is 0 Å². The fraction of sp³-hybridized carbons (Fsp3) is 0.435. The number of hydrogen-bond acceptors (Lipinski definition) is 4. The molecule has 0 saturated carbocycles. The highest BCUT2D eigenvalue weighted by Gasteiger charge is 2.27. The molecule has 0 spiro atoms. The van der Waals surface area contributed by atoms with Gasteiger partial charge in [0.15, 0.2) is 0 Å². The van der Waals surface area contributed by atoms with Gasteiger partial charge in [-0.2, -0.15) is 4.31 Å². The molecule has 1 heterocycles. The average molecular weight is 430 g/mol. The van der Waals surface area contributed by atoms with E-state index in [0.717, 1.165) is 18.7 Å². The highest BCUT2D eigenvalue weighted by atomic mass is 32.2. The van der Waals surface area contributed by atoms with Crippen LogP contribution in [0.1, 0.15) is 42.3 Å². The van der Waals surface area contributed by atoms with Crippen LogP contribution in [0.25, 0.3) is 0 Å². The van der Waals surface area contributed by atoms with E-state index in [1.165, 1.54) is 9.87 Å². The minimum absolute atomic E-state index is 0.0429. The number of carbonyl (C=O) groups excluding carboxylic acids is 1. The van der Waals surface area contributed by atoms with Crippen molar-refractivity contribution in [1.82, 2.24) is 14.5 Å². The monoisotopic (exact) mass is 429 g/mol. The van der Waals surface area contributed by atoms with Crippen LogP contribution >= 0.6 is 0 Å². The van der Waals surface area contributed by atoms with Crippen LogP contribution in [0.5, 0.6) is 0 Å². The molecule has 3 rings (SSSR count). The second-order valence-corrected chi connectivity index (χ2v) is 10.8. The van der Waals surface area contributed by atoms with Crippen molar-refractivity contribution in [3.63, 3.8) is 0 Å². The van der Waals surface area contributed by atoms with Crippen molar-refractivity contribution in [3.8, 4) is 0 Å². The number of hydrogen-bond donors (Lipinski definition) is 1. The SMILES string of the molecule is CN1CCN(S(=O)(=O)c2ccc(CNC(=O)c3ccc(C(C)(C)C)cc3)cc2)CC1. The van der Waals surface area contributed by atoms with E-state index in [1.54, 1.807) is 24.3 Å². The molecular formula is C23H31N3O3S. The fourth-order valence-corrected chi connectivity index (χ4v) is 4.78. The van der Waals surface area contributed by atoms with Gasteiger partial charge in [0, 0.05) is 38.3 Å². The summed E-state index contributed by atoms with van der Waals surface area (Å²) >= 11 is 0. The van der Waals surface area contributed by atoms with E-state index in [-0.39, 0.29) is 11.3 Å². The van der Waals surface area contributed by atoms with Crippen LogP contribution in [0.3, 0.4) is 0 Å². The third kappa shape index (κ3) is 5.28. The van der Waals surface area contributed by atoms with Gasteiger partial charge >= 0.3 is 0 Å². The molecule has 1 N–H and O–H groups in total. The van der Waals surface area contributed by atoms with Crippen LogP contribution in [0.15, 0.2) is 53.4 Å². The summed E-state index contributed by atoms with van der Waals surface area (Å²) in [5.74, 6) is -0.149. The second-order valence-electron chi connectivity index (χ2n) is 8.86. The first-order valence-electron chi connectivity index (χ1n) is 10.2. The Kier molecular flexibility index (Phi) is 6.65. The summed E-state index contributed by atoms with van der Waals surface area (Å²) in [5.41, 5.74) is 2.68. The fourth-order valence-electron chi connectivity index (χ4n) is 3.36. The number of amides is 1. The number of rotatable bonds is 5. The molecule has 0 atom stereocenters. The summed E-state index contributed by atoms with van der Waals surface area (Å²) in [4.78, 5) is 14.8. The molecule has 2 aromatic carbocycles. The summed E-state index contributed by atoms with van der Waals surface area (Å²) in [6.45, 7) is 9.23. The van der Waals surface area contributed by atoms with Gasteiger partial charge in [0.2, 0.25) is 10.0 Å². The number of nitrogens with one attached hydrogen (secondary N) is 1. The Morgan fingerprint density at radius 1 is 0.933 bits per heavy atom. The predicted octanol–water partition coefficient (Wildman–Crippen LogP) is 2.85. The smallest absolute Gasteiger partial charge is 0.251 e. The van der Waals surface area contributed by atoms with Gasteiger partial charge in [0.05, 0.1) is 4.90 Å². The summed E-state index contributed by atoms with van der Waals surface area (Å²) < 4.78 is 27.1. The normalized spacial score (nSPS) is 16.4. The molecule has 0 bridgehead atoms. The van der Waals surface area contributed by atoms with Crippen LogP contribution in [0, 0.1) is 0 Å². The maximum atomic E-state index is 12.8. The van der Waals surface area contributed by atoms with Crippen molar-refractivity contribution in [2.24, 2.45) is 0 Å². The number of sulfonamides is 1. The van der Waals surface area contributed by atoms with Crippen molar-refractivity contribution >= 4 is 15.9 Å². The first-order chi connectivity index (χ1) is 14.1. The van der Waals surface area contributed by atoms with Gasteiger partial charge in [-0.3, -0.25) is 4.79 Å². The maximum Gasteiger partial charge on any atom is 0.251 e. The summed E-state index contributed by atoms with van der Waals surface area (Å²) in [5, 5.41) is 2.90. The van der Waals surface area contributed by atoms with Gasteiger partial charge in [-0.1, -0.05) is 45.0 Å². The first-order valence-corrected chi connectivity index (χ1v) is 11.7. The van der Waals surface area contributed by atoms with Crippen LogP contribution in [-0.4, -0.2) is 56.8 Å². The Hall–Kier alpha value is -2.22. The molecule has 7 heteroatoms. The Morgan fingerprint density at radius 2 is 1.50 bits per heavy atom. The van der Waals surface area contributed by atoms with E-state index in [2.05, 4.69) is 31.0 Å². The first kappa shape index (κ1) is 22.5. The second kappa shape index (κ2) is 8.88. The van der Waals surface area contributed by atoms with Gasteiger partial charge < -0.3 is 10.2 Å². The summed E-state index contributed by atoms with van der Waals surface area (Å²) in [7, 11) is -1.48. The summed E-state index contributed by atoms with van der Waals surface area (Å²) in [6.07, 6.45) is 0. The molecule has 1 fully saturated rings. The molecule has 162 valence electrons. The molecular weight excluding hydrogens is 398 g/mol. The minimum Gasteiger partial charge on any atom is -0.348 e. The lowest BCUT2D eigenvalue weighted by Crippen LogP contribution is -2.47. The van der Waals surface area contributed by atoms with Crippen LogP contribution < -0.4 is 5.32 Å². The molecule has 2 aromatic rings. The molecule has 1 aliphatic rings. The molecule has 1 saturated heterocycles. The van der Waals surface area contributed by atoms with Crippen LogP contribution in [0.2, 0.25) is 0 Å². The van der Waals surface area contributed by atoms with Gasteiger partial charge in [-0.25, -0.2) is 8.42 Å². The lowest BCUT2D eigenvalue weighted by molar-refractivity contribution is 0.0951. The lowest BCUT2D eigenvalue weighted by atomic mass is 9.87. The minimum atomic E-state index is -3.47. The third-order valence-electron chi connectivity index (χ3n) is 5.49. The van der Waals surface area contributed by atoms with Crippen molar-refractivity contribution in [2.45, 2.75) is 37.6 Å². The molecule has 0 radical (unpaired) electrons. The lowest BCUT2D eigenvalue weighted by Gasteiger charge is -2.31. The van der Waals surface area contributed by atoms with Gasteiger partial charge in [0.1, 0.15) is 0 Å². The number of likely N-dealkylation sites (N-methyl/N-ethyl adjacent to an activating group) is 1. The number of benzene rings is 2. The van der Waals surface area contributed by atoms with Crippen molar-refractivity contribution in [2.75, 3.05) is 33.2 Å². The van der Waals surface area contributed by atoms with Crippen LogP contribution in [0.4, 0.5) is 0 Å². The van der Waals surface area contributed by atoms with E-state index >= 15 is 0 Å². The molecule has 30 heavy (non-hydrogen) atoms. The predicted molar refractivity (Wildman–Crippen MR) is 119 cm³/mol. The standard InChI is InChI=1S/C23H31N3O3S/c1-23(2,3)20-9-7-19(8-10-20)22(27)24-17-18-5-11-21(12-6-18)30(28,29)26-15-13-25(4)14-16-26/h5-12H,13-17H2,1-4H3,(H,24,27). The van der Waals surface area contributed by atoms with E-state index in [9.17, 15) is 13.2 Å². The number of nitrogens with zero attached hydrogens (tertiary/aromatic N) is 2. The Morgan fingerprint density at radius 3 is 2.03 bits per heavy atom. The summed E-state index contributed by atoms with van der Waals surface area (Å²) in [6, 6.07) is 14.4. The third-order valence-corrected chi connectivity index (χ3v) is 7.40. The maximum absolute atomic E-state index is 12.8. The Labute approximate surface area is 179 Å². The highest BCUT2D eigenvalue weighted by Crippen LogP contribution is 2.22. The number of carbonyl (C=O) groups is 1. The molecule has 1 aliphatic heterocycles. The topological polar surface area (TPSA) is 69.7 Å². The molecule has 0 aliphatic carbocycles. The zero-order chi connectivity index (χ0) is 21.9. The molecule has 1 amide bonds. The quantitative estimate of drug-likeness (QED) is 0.794. The van der Waals surface area contributed by atoms with E-state index in [1.807, 2.05) is 31.3 Å². The molecule has 6 nitrogen and oxygen atoms in total. The largest absolute Gasteiger partial charge is 0.348 e. The van der Waals surface area contributed by atoms with E-state index in [0.29, 0.717) is 30.1 Å². The Balaban J connectivity index is 1.60. The van der Waals surface area contributed by atoms with Crippen molar-refractivity contribution < 1.29 is 13.2 Å². The van der Waals surface area contributed by atoms with E-state index < -0.39 is 10.0 Å². The number of piperazine rings is 1. The zero-order valence-electron chi connectivity index (χ0n) is 18.2. The van der Waals surface area contributed by atoms with E-state index in [4.69, 9.17) is 0 Å². The Bertz CT molecular complexity index is 970. The average Bonchev–Trinajstić information content (AvgIpc) is 2.72. The molecule has 0 aromatic heterocycles. The molecule has 0 unspecified atom stereocenters. The highest BCUT2D eigenvalue weighted by molar-refractivity contribution is 7.89. The van der Waals surface area contributed by atoms with Crippen molar-refractivity contribution in [3.05, 3.63) is 65.2 Å². The zero-order valence-corrected chi connectivity index (χ0v) is 19.0.